The quantitative estimate of drug-likeness (QED) is 0.755. The van der Waals surface area contributed by atoms with Crippen molar-refractivity contribution in [1.29, 1.82) is 0 Å². The van der Waals surface area contributed by atoms with Crippen molar-refractivity contribution in [3.8, 4) is 11.5 Å². The molecule has 30 heavy (non-hydrogen) atoms. The van der Waals surface area contributed by atoms with E-state index in [1.54, 1.807) is 0 Å². The van der Waals surface area contributed by atoms with E-state index in [0.29, 0.717) is 34.9 Å². The number of rotatable bonds is 5. The Morgan fingerprint density at radius 3 is 2.80 bits per heavy atom. The van der Waals surface area contributed by atoms with Gasteiger partial charge in [0.05, 0.1) is 5.39 Å². The van der Waals surface area contributed by atoms with E-state index in [0.717, 1.165) is 50.0 Å². The molecule has 1 fully saturated rings. The van der Waals surface area contributed by atoms with Gasteiger partial charge in [-0.1, -0.05) is 0 Å². The Hall–Kier alpha value is -2.54. The summed E-state index contributed by atoms with van der Waals surface area (Å²) in [6.07, 6.45) is 3.49. The van der Waals surface area contributed by atoms with Crippen LogP contribution in [0.2, 0.25) is 0 Å². The van der Waals surface area contributed by atoms with Crippen molar-refractivity contribution < 1.29 is 23.4 Å². The number of hydrogen-bond donors (Lipinski definition) is 1. The Bertz CT molecular complexity index is 1000. The van der Waals surface area contributed by atoms with Gasteiger partial charge in [-0.05, 0) is 57.9 Å². The third kappa shape index (κ3) is 4.46. The maximum atomic E-state index is 12.4. The Labute approximate surface area is 175 Å². The number of carbonyl (C=O) groups excluding carboxylic acids is 1. The average Bonchev–Trinajstić information content (AvgIpc) is 2.69. The lowest BCUT2D eigenvalue weighted by atomic mass is 9.92. The molecule has 0 saturated carbocycles. The van der Waals surface area contributed by atoms with Gasteiger partial charge in [0.15, 0.2) is 6.61 Å². The number of amides is 1. The molecule has 4 rings (SSSR count). The second kappa shape index (κ2) is 8.30. The molecule has 0 radical (unpaired) electrons. The molecule has 0 aliphatic carbocycles. The summed E-state index contributed by atoms with van der Waals surface area (Å²) in [5, 5.41) is 3.66. The van der Waals surface area contributed by atoms with E-state index >= 15 is 0 Å². The summed E-state index contributed by atoms with van der Waals surface area (Å²) in [6, 6.07) is 3.26. The van der Waals surface area contributed by atoms with Crippen molar-refractivity contribution in [2.45, 2.75) is 52.1 Å². The normalized spacial score (nSPS) is 18.5. The Kier molecular flexibility index (Phi) is 5.73. The molecule has 0 bridgehead atoms. The highest BCUT2D eigenvalue weighted by atomic mass is 16.5. The standard InChI is InChI=1S/C23H29NO6/c1-14-10-20(26)29-22-16-4-7-23(2,3)30-17(16)11-18(21(14)22)28-13-19(25)24-12-15-5-8-27-9-6-15/h10-11,15H,4-9,12-13H2,1-3H3,(H,24,25). The van der Waals surface area contributed by atoms with E-state index < -0.39 is 5.63 Å². The second-order valence-electron chi connectivity index (χ2n) is 8.81. The van der Waals surface area contributed by atoms with Crippen molar-refractivity contribution in [2.75, 3.05) is 26.4 Å². The van der Waals surface area contributed by atoms with Gasteiger partial charge in [-0.3, -0.25) is 4.79 Å². The molecule has 2 aliphatic heterocycles. The molecule has 1 amide bonds. The Morgan fingerprint density at radius 1 is 1.27 bits per heavy atom. The third-order valence-electron chi connectivity index (χ3n) is 5.89. The molecule has 2 aliphatic rings. The first-order chi connectivity index (χ1) is 14.3. The molecule has 1 aromatic heterocycles. The second-order valence-corrected chi connectivity index (χ2v) is 8.81. The highest BCUT2D eigenvalue weighted by molar-refractivity contribution is 5.91. The van der Waals surface area contributed by atoms with Crippen molar-refractivity contribution in [1.82, 2.24) is 5.32 Å². The van der Waals surface area contributed by atoms with E-state index in [1.807, 2.05) is 26.8 Å². The van der Waals surface area contributed by atoms with E-state index in [2.05, 4.69) is 5.32 Å². The predicted molar refractivity (Wildman–Crippen MR) is 112 cm³/mol. The minimum atomic E-state index is -0.404. The van der Waals surface area contributed by atoms with Crippen LogP contribution in [0.1, 0.15) is 44.2 Å². The fraction of sp³-hybridized carbons (Fsp3) is 0.565. The van der Waals surface area contributed by atoms with Gasteiger partial charge in [-0.15, -0.1) is 0 Å². The molecule has 3 heterocycles. The largest absolute Gasteiger partial charge is 0.487 e. The van der Waals surface area contributed by atoms with E-state index in [4.69, 9.17) is 18.6 Å². The molecular formula is C23H29NO6. The first-order valence-corrected chi connectivity index (χ1v) is 10.6. The molecule has 7 nitrogen and oxygen atoms in total. The van der Waals surface area contributed by atoms with Crippen LogP contribution in [0.3, 0.4) is 0 Å². The minimum Gasteiger partial charge on any atom is -0.487 e. The predicted octanol–water partition coefficient (Wildman–Crippen LogP) is 3.13. The van der Waals surface area contributed by atoms with Gasteiger partial charge in [0, 0.05) is 37.5 Å². The van der Waals surface area contributed by atoms with Gasteiger partial charge in [-0.25, -0.2) is 4.79 Å². The third-order valence-corrected chi connectivity index (χ3v) is 5.89. The van der Waals surface area contributed by atoms with Crippen LogP contribution in [0.15, 0.2) is 21.3 Å². The van der Waals surface area contributed by atoms with E-state index in [9.17, 15) is 9.59 Å². The molecule has 162 valence electrons. The molecule has 0 spiro atoms. The fourth-order valence-corrected chi connectivity index (χ4v) is 4.14. The summed E-state index contributed by atoms with van der Waals surface area (Å²) in [6.45, 7) is 7.91. The number of benzene rings is 1. The topological polar surface area (TPSA) is 87.0 Å². The number of aryl methyl sites for hydroxylation is 2. The van der Waals surface area contributed by atoms with Crippen molar-refractivity contribution >= 4 is 16.9 Å². The Balaban J connectivity index is 1.55. The zero-order chi connectivity index (χ0) is 21.3. The molecule has 7 heteroatoms. The van der Waals surface area contributed by atoms with Gasteiger partial charge < -0.3 is 23.9 Å². The zero-order valence-electron chi connectivity index (χ0n) is 17.8. The molecular weight excluding hydrogens is 386 g/mol. The zero-order valence-corrected chi connectivity index (χ0v) is 17.8. The Morgan fingerprint density at radius 2 is 2.03 bits per heavy atom. The van der Waals surface area contributed by atoms with Crippen LogP contribution in [0.4, 0.5) is 0 Å². The highest BCUT2D eigenvalue weighted by Gasteiger charge is 2.30. The SMILES string of the molecule is Cc1cc(=O)oc2c3c(cc(OCC(=O)NCC4CCOCC4)c12)OC(C)(C)CC3. The molecule has 1 aromatic carbocycles. The fourth-order valence-electron chi connectivity index (χ4n) is 4.14. The average molecular weight is 415 g/mol. The monoisotopic (exact) mass is 415 g/mol. The maximum Gasteiger partial charge on any atom is 0.336 e. The van der Waals surface area contributed by atoms with Gasteiger partial charge in [-0.2, -0.15) is 0 Å². The van der Waals surface area contributed by atoms with Crippen LogP contribution in [-0.4, -0.2) is 37.9 Å². The lowest BCUT2D eigenvalue weighted by Gasteiger charge is -2.33. The number of carbonyl (C=O) groups is 1. The summed E-state index contributed by atoms with van der Waals surface area (Å²) in [5.41, 5.74) is 1.40. The molecule has 1 N–H and O–H groups in total. The van der Waals surface area contributed by atoms with Crippen LogP contribution in [-0.2, 0) is 16.0 Å². The smallest absolute Gasteiger partial charge is 0.336 e. The molecule has 0 atom stereocenters. The first-order valence-electron chi connectivity index (χ1n) is 10.6. The van der Waals surface area contributed by atoms with Crippen molar-refractivity contribution in [3.05, 3.63) is 33.7 Å². The van der Waals surface area contributed by atoms with Gasteiger partial charge in [0.1, 0.15) is 22.7 Å². The van der Waals surface area contributed by atoms with Crippen LogP contribution < -0.4 is 20.4 Å². The van der Waals surface area contributed by atoms with Gasteiger partial charge >= 0.3 is 5.63 Å². The molecule has 2 aromatic rings. The first kappa shape index (κ1) is 20.7. The number of nitrogens with one attached hydrogen (secondary N) is 1. The van der Waals surface area contributed by atoms with Gasteiger partial charge in [0.2, 0.25) is 0 Å². The summed E-state index contributed by atoms with van der Waals surface area (Å²) >= 11 is 0. The number of hydrogen-bond acceptors (Lipinski definition) is 6. The van der Waals surface area contributed by atoms with Crippen LogP contribution in [0.25, 0.3) is 11.0 Å². The maximum absolute atomic E-state index is 12.4. The number of ether oxygens (including phenoxy) is 3. The summed E-state index contributed by atoms with van der Waals surface area (Å²) in [7, 11) is 0. The van der Waals surface area contributed by atoms with E-state index in [-0.39, 0.29) is 18.1 Å². The van der Waals surface area contributed by atoms with Crippen molar-refractivity contribution in [2.24, 2.45) is 5.92 Å². The number of fused-ring (bicyclic) bond motifs is 3. The van der Waals surface area contributed by atoms with Gasteiger partial charge in [0.25, 0.3) is 5.91 Å². The van der Waals surface area contributed by atoms with Crippen LogP contribution in [0, 0.1) is 12.8 Å². The summed E-state index contributed by atoms with van der Waals surface area (Å²) in [4.78, 5) is 24.4. The summed E-state index contributed by atoms with van der Waals surface area (Å²) < 4.78 is 22.9. The lowest BCUT2D eigenvalue weighted by molar-refractivity contribution is -0.123. The summed E-state index contributed by atoms with van der Waals surface area (Å²) in [5.74, 6) is 1.40. The minimum absolute atomic E-state index is 0.112. The molecule has 0 unspecified atom stereocenters. The van der Waals surface area contributed by atoms with Crippen LogP contribution >= 0.6 is 0 Å². The molecule has 1 saturated heterocycles. The van der Waals surface area contributed by atoms with Crippen LogP contribution in [0.5, 0.6) is 11.5 Å². The van der Waals surface area contributed by atoms with Crippen molar-refractivity contribution in [3.63, 3.8) is 0 Å². The lowest BCUT2D eigenvalue weighted by Crippen LogP contribution is -2.35. The highest BCUT2D eigenvalue weighted by Crippen LogP contribution is 2.42. The van der Waals surface area contributed by atoms with E-state index in [1.165, 1.54) is 6.07 Å².